The normalized spacial score (nSPS) is 11.9. The van der Waals surface area contributed by atoms with Crippen molar-refractivity contribution in [1.29, 1.82) is 0 Å². The quantitative estimate of drug-likeness (QED) is 0.656. The van der Waals surface area contributed by atoms with Crippen LogP contribution >= 0.6 is 0 Å². The summed E-state index contributed by atoms with van der Waals surface area (Å²) in [5, 5.41) is 6.25. The van der Waals surface area contributed by atoms with Gasteiger partial charge in [0.05, 0.1) is 8.43 Å². The molecule has 0 aliphatic heterocycles. The minimum atomic E-state index is -0.471. The fourth-order valence-corrected chi connectivity index (χ4v) is 2.13. The van der Waals surface area contributed by atoms with Gasteiger partial charge in [0.1, 0.15) is 0 Å². The van der Waals surface area contributed by atoms with E-state index >= 15 is 0 Å². The molecule has 0 atom stereocenters. The maximum atomic E-state index is 12.2. The first kappa shape index (κ1) is 11.0. The highest BCUT2D eigenvalue weighted by atomic mass is 16.2. The highest BCUT2D eigenvalue weighted by Gasteiger charge is 2.07. The standard InChI is InChI=1S/C17H17N3O/c1-2-12-7-9-13(10-8-12)19-17(21)20-16-11-18-15-6-4-3-5-14(15)16/h3-11,18H,2H2,1H3,(H2,19,20,21)/i9D,10D. The Morgan fingerprint density at radius 1 is 1.19 bits per heavy atom. The van der Waals surface area contributed by atoms with Crippen LogP contribution in [-0.2, 0) is 6.42 Å². The van der Waals surface area contributed by atoms with Crippen molar-refractivity contribution in [2.75, 3.05) is 10.6 Å². The lowest BCUT2D eigenvalue weighted by atomic mass is 10.1. The number of H-pyrrole nitrogens is 1. The van der Waals surface area contributed by atoms with Gasteiger partial charge in [-0.05, 0) is 30.1 Å². The van der Waals surface area contributed by atoms with Gasteiger partial charge in [0.15, 0.2) is 0 Å². The van der Waals surface area contributed by atoms with E-state index in [1.807, 2.05) is 31.2 Å². The zero-order valence-corrected chi connectivity index (χ0v) is 11.7. The van der Waals surface area contributed by atoms with Crippen molar-refractivity contribution in [3.63, 3.8) is 0 Å². The Balaban J connectivity index is 1.80. The third-order valence-electron chi connectivity index (χ3n) is 3.29. The van der Waals surface area contributed by atoms with Crippen LogP contribution in [0.15, 0.2) is 54.7 Å². The van der Waals surface area contributed by atoms with Crippen LogP contribution in [0.2, 0.25) is 0 Å². The summed E-state index contributed by atoms with van der Waals surface area (Å²) in [7, 11) is 0. The number of carbonyl (C=O) groups is 1. The largest absolute Gasteiger partial charge is 0.359 e. The van der Waals surface area contributed by atoms with Crippen molar-refractivity contribution in [3.05, 3.63) is 60.2 Å². The summed E-state index contributed by atoms with van der Waals surface area (Å²) in [6, 6.07) is 10.8. The molecular formula is C17H17N3O. The molecule has 0 unspecified atom stereocenters. The smallest absolute Gasteiger partial charge is 0.323 e. The molecule has 4 nitrogen and oxygen atoms in total. The molecule has 0 radical (unpaired) electrons. The molecule has 0 spiro atoms. The number of nitrogens with one attached hydrogen (secondary N) is 3. The number of aromatic amines is 1. The summed E-state index contributed by atoms with van der Waals surface area (Å²) in [6.45, 7) is 1.96. The Hall–Kier alpha value is -2.75. The van der Waals surface area contributed by atoms with Crippen molar-refractivity contribution < 1.29 is 7.54 Å². The first-order valence-electron chi connectivity index (χ1n) is 7.82. The number of aryl methyl sites for hydroxylation is 1. The topological polar surface area (TPSA) is 56.9 Å². The van der Waals surface area contributed by atoms with Crippen molar-refractivity contribution in [2.24, 2.45) is 0 Å². The first-order chi connectivity index (χ1) is 11.1. The van der Waals surface area contributed by atoms with E-state index in [1.54, 1.807) is 18.3 Å². The third kappa shape index (κ3) is 2.89. The van der Waals surface area contributed by atoms with Gasteiger partial charge in [0.25, 0.3) is 0 Å². The fourth-order valence-electron chi connectivity index (χ4n) is 2.13. The molecule has 0 fully saturated rings. The molecule has 106 valence electrons. The molecule has 0 saturated heterocycles. The number of amides is 2. The number of benzene rings is 2. The van der Waals surface area contributed by atoms with Crippen LogP contribution in [0.5, 0.6) is 0 Å². The van der Waals surface area contributed by atoms with Crippen molar-refractivity contribution >= 4 is 28.3 Å². The van der Waals surface area contributed by atoms with Crippen LogP contribution in [0.25, 0.3) is 10.9 Å². The van der Waals surface area contributed by atoms with Gasteiger partial charge < -0.3 is 15.6 Å². The minimum Gasteiger partial charge on any atom is -0.359 e. The van der Waals surface area contributed by atoms with E-state index in [4.69, 9.17) is 2.74 Å². The summed E-state index contributed by atoms with van der Waals surface area (Å²) < 4.78 is 15.9. The van der Waals surface area contributed by atoms with Gasteiger partial charge in [-0.15, -0.1) is 0 Å². The lowest BCUT2D eigenvalue weighted by Gasteiger charge is -2.07. The number of fused-ring (bicyclic) bond motifs is 1. The van der Waals surface area contributed by atoms with Crippen molar-refractivity contribution in [2.45, 2.75) is 13.3 Å². The fraction of sp³-hybridized carbons (Fsp3) is 0.118. The number of anilines is 2. The van der Waals surface area contributed by atoms with Crippen LogP contribution < -0.4 is 10.6 Å². The number of para-hydroxylation sites is 1. The summed E-state index contributed by atoms with van der Waals surface area (Å²) in [4.78, 5) is 15.3. The number of carbonyl (C=O) groups excluding carboxylic acids is 1. The van der Waals surface area contributed by atoms with Gasteiger partial charge in [0, 0.05) is 22.8 Å². The van der Waals surface area contributed by atoms with Gasteiger partial charge >= 0.3 is 6.03 Å². The van der Waals surface area contributed by atoms with Crippen LogP contribution in [-0.4, -0.2) is 11.0 Å². The van der Waals surface area contributed by atoms with Gasteiger partial charge in [-0.2, -0.15) is 0 Å². The average Bonchev–Trinajstić information content (AvgIpc) is 2.94. The van der Waals surface area contributed by atoms with Crippen LogP contribution in [0.1, 0.15) is 15.2 Å². The molecule has 2 aromatic carbocycles. The number of aromatic nitrogens is 1. The zero-order valence-electron chi connectivity index (χ0n) is 13.7. The molecule has 21 heavy (non-hydrogen) atoms. The molecule has 4 heteroatoms. The molecule has 0 aliphatic rings. The Kier molecular flexibility index (Phi) is 2.98. The second kappa shape index (κ2) is 5.71. The minimum absolute atomic E-state index is 0.142. The first-order valence-corrected chi connectivity index (χ1v) is 6.82. The van der Waals surface area contributed by atoms with E-state index in [0.717, 1.165) is 22.9 Å². The second-order valence-corrected chi connectivity index (χ2v) is 4.71. The molecule has 3 N–H and O–H groups in total. The SMILES string of the molecule is [2H]c1cc(CC)cc([2H])c1NC(=O)Nc1c[nH]c2ccccc12. The molecule has 3 rings (SSSR count). The van der Waals surface area contributed by atoms with E-state index in [1.165, 1.54) is 0 Å². The van der Waals surface area contributed by atoms with Crippen molar-refractivity contribution in [3.8, 4) is 0 Å². The molecule has 1 heterocycles. The van der Waals surface area contributed by atoms with E-state index in [9.17, 15) is 4.79 Å². The van der Waals surface area contributed by atoms with Gasteiger partial charge in [-0.3, -0.25) is 0 Å². The summed E-state index contributed by atoms with van der Waals surface area (Å²) in [5.41, 5.74) is 2.70. The lowest BCUT2D eigenvalue weighted by molar-refractivity contribution is 0.262. The molecular weight excluding hydrogens is 262 g/mol. The van der Waals surface area contributed by atoms with Crippen LogP contribution in [0.3, 0.4) is 0 Å². The number of urea groups is 1. The van der Waals surface area contributed by atoms with Gasteiger partial charge in [-0.25, -0.2) is 4.79 Å². The van der Waals surface area contributed by atoms with E-state index < -0.39 is 6.03 Å². The molecule has 2 amide bonds. The van der Waals surface area contributed by atoms with Crippen LogP contribution in [0, 0.1) is 0 Å². The summed E-state index contributed by atoms with van der Waals surface area (Å²) >= 11 is 0. The second-order valence-electron chi connectivity index (χ2n) is 4.71. The summed E-state index contributed by atoms with van der Waals surface area (Å²) in [6.07, 6.45) is 2.47. The molecule has 0 bridgehead atoms. The maximum absolute atomic E-state index is 12.2. The van der Waals surface area contributed by atoms with Gasteiger partial charge in [0.2, 0.25) is 0 Å². The monoisotopic (exact) mass is 281 g/mol. The predicted molar refractivity (Wildman–Crippen MR) is 86.8 cm³/mol. The molecule has 0 aliphatic carbocycles. The molecule has 0 saturated carbocycles. The Bertz CT molecular complexity index is 850. The van der Waals surface area contributed by atoms with E-state index in [2.05, 4.69) is 15.6 Å². The Morgan fingerprint density at radius 3 is 2.71 bits per heavy atom. The number of hydrogen-bond donors (Lipinski definition) is 3. The van der Waals surface area contributed by atoms with E-state index in [-0.39, 0.29) is 17.8 Å². The third-order valence-corrected chi connectivity index (χ3v) is 3.29. The van der Waals surface area contributed by atoms with Gasteiger partial charge in [-0.1, -0.05) is 37.3 Å². The summed E-state index contributed by atoms with van der Waals surface area (Å²) in [5.74, 6) is 0. The maximum Gasteiger partial charge on any atom is 0.323 e. The highest BCUT2D eigenvalue weighted by molar-refractivity contribution is 6.05. The Labute approximate surface area is 126 Å². The number of hydrogen-bond acceptors (Lipinski definition) is 1. The van der Waals surface area contributed by atoms with Crippen molar-refractivity contribution in [1.82, 2.24) is 4.98 Å². The predicted octanol–water partition coefficient (Wildman–Crippen LogP) is 4.37. The van der Waals surface area contributed by atoms with E-state index in [0.29, 0.717) is 5.69 Å². The van der Waals surface area contributed by atoms with Crippen LogP contribution in [0.4, 0.5) is 16.2 Å². The average molecular weight is 281 g/mol. The Morgan fingerprint density at radius 2 is 1.95 bits per heavy atom. The zero-order chi connectivity index (χ0) is 16.4. The molecule has 1 aromatic heterocycles. The number of rotatable bonds is 3. The lowest BCUT2D eigenvalue weighted by Crippen LogP contribution is -2.19. The highest BCUT2D eigenvalue weighted by Crippen LogP contribution is 2.22. The molecule has 3 aromatic rings.